The summed E-state index contributed by atoms with van der Waals surface area (Å²) < 4.78 is 5.84. The van der Waals surface area contributed by atoms with Gasteiger partial charge in [0.2, 0.25) is 0 Å². The summed E-state index contributed by atoms with van der Waals surface area (Å²) in [6, 6.07) is 6.64. The van der Waals surface area contributed by atoms with E-state index in [0.717, 1.165) is 12.5 Å². The Balaban J connectivity index is 1.82. The van der Waals surface area contributed by atoms with E-state index in [9.17, 15) is 0 Å². The maximum absolute atomic E-state index is 5.84. The minimum atomic E-state index is 0.803. The lowest BCUT2D eigenvalue weighted by Gasteiger charge is -2.21. The van der Waals surface area contributed by atoms with Crippen molar-refractivity contribution in [3.63, 3.8) is 0 Å². The predicted molar refractivity (Wildman–Crippen MR) is 64.9 cm³/mol. The second-order valence-corrected chi connectivity index (χ2v) is 4.92. The van der Waals surface area contributed by atoms with Crippen molar-refractivity contribution < 1.29 is 4.74 Å². The third kappa shape index (κ3) is 1.94. The normalized spacial score (nSPS) is 23.9. The van der Waals surface area contributed by atoms with Crippen molar-refractivity contribution in [3.8, 4) is 5.75 Å². The van der Waals surface area contributed by atoms with Crippen LogP contribution in [0.3, 0.4) is 0 Å². The van der Waals surface area contributed by atoms with Crippen LogP contribution < -0.4 is 10.1 Å². The quantitative estimate of drug-likeness (QED) is 0.819. The van der Waals surface area contributed by atoms with Gasteiger partial charge in [0.25, 0.3) is 0 Å². The van der Waals surface area contributed by atoms with Crippen LogP contribution in [-0.4, -0.2) is 19.7 Å². The van der Waals surface area contributed by atoms with Gasteiger partial charge in [-0.15, -0.1) is 0 Å². The van der Waals surface area contributed by atoms with Crippen LogP contribution in [0.2, 0.25) is 0 Å². The summed E-state index contributed by atoms with van der Waals surface area (Å²) in [6.07, 6.45) is 4.84. The highest BCUT2D eigenvalue weighted by Crippen LogP contribution is 2.31. The minimum absolute atomic E-state index is 0.803. The molecule has 0 radical (unpaired) electrons. The first kappa shape index (κ1) is 10.2. The highest BCUT2D eigenvalue weighted by Gasteiger charge is 2.19. The summed E-state index contributed by atoms with van der Waals surface area (Å²) >= 11 is 0. The van der Waals surface area contributed by atoms with Gasteiger partial charge in [0.15, 0.2) is 0 Å². The molecule has 86 valence electrons. The van der Waals surface area contributed by atoms with Crippen LogP contribution in [0.25, 0.3) is 0 Å². The zero-order valence-corrected chi connectivity index (χ0v) is 9.67. The first-order chi connectivity index (χ1) is 7.93. The molecule has 0 aliphatic carbocycles. The van der Waals surface area contributed by atoms with Gasteiger partial charge >= 0.3 is 0 Å². The van der Waals surface area contributed by atoms with E-state index in [1.165, 1.54) is 55.6 Å². The largest absolute Gasteiger partial charge is 0.493 e. The van der Waals surface area contributed by atoms with E-state index >= 15 is 0 Å². The molecule has 0 saturated carbocycles. The van der Waals surface area contributed by atoms with E-state index in [1.54, 1.807) is 0 Å². The molecule has 2 heteroatoms. The average Bonchev–Trinajstić information content (AvgIpc) is 2.82. The predicted octanol–water partition coefficient (Wildman–Crippen LogP) is 2.16. The Morgan fingerprint density at radius 2 is 2.38 bits per heavy atom. The van der Waals surface area contributed by atoms with Gasteiger partial charge in [0.05, 0.1) is 6.61 Å². The first-order valence-electron chi connectivity index (χ1n) is 6.38. The minimum Gasteiger partial charge on any atom is -0.493 e. The zero-order chi connectivity index (χ0) is 10.8. The van der Waals surface area contributed by atoms with Gasteiger partial charge in [-0.2, -0.15) is 0 Å². The Kier molecular flexibility index (Phi) is 2.83. The lowest BCUT2D eigenvalue weighted by atomic mass is 9.94. The number of para-hydroxylation sites is 1. The van der Waals surface area contributed by atoms with Crippen molar-refractivity contribution in [1.29, 1.82) is 0 Å². The zero-order valence-electron chi connectivity index (χ0n) is 9.67. The lowest BCUT2D eigenvalue weighted by molar-refractivity contribution is 0.284. The first-order valence-corrected chi connectivity index (χ1v) is 6.38. The molecular formula is C14H19NO. The molecule has 2 aliphatic rings. The molecule has 2 heterocycles. The molecule has 1 aromatic rings. The van der Waals surface area contributed by atoms with Crippen molar-refractivity contribution in [3.05, 3.63) is 29.3 Å². The summed E-state index contributed by atoms with van der Waals surface area (Å²) in [5, 5.41) is 3.43. The second kappa shape index (κ2) is 4.46. The van der Waals surface area contributed by atoms with Crippen LogP contribution in [0.5, 0.6) is 5.75 Å². The Morgan fingerprint density at radius 1 is 1.38 bits per heavy atom. The monoisotopic (exact) mass is 217 g/mol. The van der Waals surface area contributed by atoms with Gasteiger partial charge in [-0.25, -0.2) is 0 Å². The smallest absolute Gasteiger partial charge is 0.125 e. The van der Waals surface area contributed by atoms with Gasteiger partial charge in [0.1, 0.15) is 5.75 Å². The van der Waals surface area contributed by atoms with Crippen molar-refractivity contribution >= 4 is 0 Å². The molecule has 1 atom stereocenters. The highest BCUT2D eigenvalue weighted by molar-refractivity contribution is 5.43. The highest BCUT2D eigenvalue weighted by atomic mass is 16.5. The standard InChI is InChI=1S/C14H19NO/c1-3-12-5-2-8-16-14(12)13(4-1)9-11-6-7-15-10-11/h1,3-4,11,15H,2,5-10H2. The summed E-state index contributed by atoms with van der Waals surface area (Å²) in [7, 11) is 0. The van der Waals surface area contributed by atoms with Crippen LogP contribution in [0.1, 0.15) is 24.0 Å². The number of ether oxygens (including phenoxy) is 1. The number of nitrogens with one attached hydrogen (secondary N) is 1. The van der Waals surface area contributed by atoms with Crippen LogP contribution in [0, 0.1) is 5.92 Å². The molecule has 0 amide bonds. The Morgan fingerprint density at radius 3 is 3.25 bits per heavy atom. The topological polar surface area (TPSA) is 21.3 Å². The van der Waals surface area contributed by atoms with Crippen LogP contribution in [0.15, 0.2) is 18.2 Å². The molecule has 3 rings (SSSR count). The van der Waals surface area contributed by atoms with Crippen molar-refractivity contribution in [1.82, 2.24) is 5.32 Å². The fourth-order valence-corrected chi connectivity index (χ4v) is 2.82. The molecule has 1 N–H and O–H groups in total. The van der Waals surface area contributed by atoms with E-state index in [-0.39, 0.29) is 0 Å². The molecular weight excluding hydrogens is 198 g/mol. The van der Waals surface area contributed by atoms with E-state index in [4.69, 9.17) is 4.74 Å². The lowest BCUT2D eigenvalue weighted by Crippen LogP contribution is -2.14. The molecule has 2 nitrogen and oxygen atoms in total. The summed E-state index contributed by atoms with van der Waals surface area (Å²) in [5.74, 6) is 2.00. The Bertz CT molecular complexity index is 369. The molecule has 0 bridgehead atoms. The molecule has 0 spiro atoms. The number of hydrogen-bond acceptors (Lipinski definition) is 2. The molecule has 2 aliphatic heterocycles. The molecule has 16 heavy (non-hydrogen) atoms. The third-order valence-electron chi connectivity index (χ3n) is 3.69. The number of rotatable bonds is 2. The third-order valence-corrected chi connectivity index (χ3v) is 3.69. The van der Waals surface area contributed by atoms with Gasteiger partial charge in [-0.3, -0.25) is 0 Å². The number of aryl methyl sites for hydroxylation is 1. The number of benzene rings is 1. The second-order valence-electron chi connectivity index (χ2n) is 4.92. The molecule has 0 aromatic heterocycles. The summed E-state index contributed by atoms with van der Waals surface area (Å²) in [4.78, 5) is 0. The SMILES string of the molecule is c1cc2c(c(CC3CCNC3)c1)OCCC2. The fourth-order valence-electron chi connectivity index (χ4n) is 2.82. The van der Waals surface area contributed by atoms with E-state index < -0.39 is 0 Å². The maximum atomic E-state index is 5.84. The van der Waals surface area contributed by atoms with E-state index in [2.05, 4.69) is 23.5 Å². The molecule has 1 unspecified atom stereocenters. The Labute approximate surface area is 97.0 Å². The van der Waals surface area contributed by atoms with Crippen LogP contribution >= 0.6 is 0 Å². The number of hydrogen-bond donors (Lipinski definition) is 1. The number of fused-ring (bicyclic) bond motifs is 1. The summed E-state index contributed by atoms with van der Waals surface area (Å²) in [5.41, 5.74) is 2.83. The van der Waals surface area contributed by atoms with Crippen LogP contribution in [0.4, 0.5) is 0 Å². The average molecular weight is 217 g/mol. The van der Waals surface area contributed by atoms with Gasteiger partial charge < -0.3 is 10.1 Å². The molecule has 1 aromatic carbocycles. The fraction of sp³-hybridized carbons (Fsp3) is 0.571. The molecule has 1 fully saturated rings. The van der Waals surface area contributed by atoms with Crippen molar-refractivity contribution in [2.24, 2.45) is 5.92 Å². The Hall–Kier alpha value is -1.02. The van der Waals surface area contributed by atoms with Crippen molar-refractivity contribution in [2.45, 2.75) is 25.7 Å². The van der Waals surface area contributed by atoms with E-state index in [1.807, 2.05) is 0 Å². The van der Waals surface area contributed by atoms with Crippen LogP contribution in [-0.2, 0) is 12.8 Å². The van der Waals surface area contributed by atoms with Gasteiger partial charge in [-0.1, -0.05) is 18.2 Å². The molecule has 1 saturated heterocycles. The van der Waals surface area contributed by atoms with E-state index in [0.29, 0.717) is 0 Å². The van der Waals surface area contributed by atoms with Crippen molar-refractivity contribution in [2.75, 3.05) is 19.7 Å². The van der Waals surface area contributed by atoms with Gasteiger partial charge in [-0.05, 0) is 55.8 Å². The van der Waals surface area contributed by atoms with Gasteiger partial charge in [0, 0.05) is 0 Å². The summed E-state index contributed by atoms with van der Waals surface area (Å²) in [6.45, 7) is 3.25. The maximum Gasteiger partial charge on any atom is 0.125 e.